The van der Waals surface area contributed by atoms with Gasteiger partial charge in [-0.15, -0.1) is 0 Å². The number of alkyl carbamates (subject to hydrolysis) is 2. The lowest BCUT2D eigenvalue weighted by Gasteiger charge is -2.26. The number of rotatable bonds is 8. The van der Waals surface area contributed by atoms with Crippen molar-refractivity contribution >= 4 is 12.2 Å². The minimum absolute atomic E-state index is 0.0551. The molecule has 1 rings (SSSR count). The third kappa shape index (κ3) is 12.5. The molecule has 0 aromatic heterocycles. The Hall–Kier alpha value is -1.50. The molecule has 158 valence electrons. The number of hydrogen-bond donors (Lipinski definition) is 2. The summed E-state index contributed by atoms with van der Waals surface area (Å²) in [5.74, 6) is 0. The van der Waals surface area contributed by atoms with Gasteiger partial charge in [-0.3, -0.25) is 0 Å². The second-order valence-corrected chi connectivity index (χ2v) is 9.28. The molecule has 7 nitrogen and oxygen atoms in total. The van der Waals surface area contributed by atoms with Gasteiger partial charge in [0, 0.05) is 19.1 Å². The fourth-order valence-corrected chi connectivity index (χ4v) is 2.98. The standard InChI is InChI=1S/C20H39N3O4/c1-19(2,3)26-17(24)21-12-8-7-11-16(15-23-13-9-10-14-23)22-18(25)27-20(4,5)6/h16H,7-15H2,1-6H3,(H,21,24)(H,22,25). The van der Waals surface area contributed by atoms with Gasteiger partial charge in [0.05, 0.1) is 0 Å². The maximum Gasteiger partial charge on any atom is 0.407 e. The van der Waals surface area contributed by atoms with E-state index in [-0.39, 0.29) is 18.2 Å². The van der Waals surface area contributed by atoms with Crippen LogP contribution >= 0.6 is 0 Å². The molecule has 27 heavy (non-hydrogen) atoms. The number of nitrogens with zero attached hydrogens (tertiary/aromatic N) is 1. The smallest absolute Gasteiger partial charge is 0.407 e. The second-order valence-electron chi connectivity index (χ2n) is 9.28. The van der Waals surface area contributed by atoms with E-state index in [9.17, 15) is 9.59 Å². The Morgan fingerprint density at radius 1 is 0.926 bits per heavy atom. The van der Waals surface area contributed by atoms with Gasteiger partial charge < -0.3 is 25.0 Å². The van der Waals surface area contributed by atoms with E-state index < -0.39 is 11.2 Å². The first-order chi connectivity index (χ1) is 12.4. The van der Waals surface area contributed by atoms with Gasteiger partial charge in [-0.2, -0.15) is 0 Å². The highest BCUT2D eigenvalue weighted by molar-refractivity contribution is 5.68. The lowest BCUT2D eigenvalue weighted by molar-refractivity contribution is 0.0489. The van der Waals surface area contributed by atoms with Gasteiger partial charge in [0.25, 0.3) is 0 Å². The number of carbonyl (C=O) groups excluding carboxylic acids is 2. The van der Waals surface area contributed by atoms with Crippen LogP contribution in [0.3, 0.4) is 0 Å². The zero-order valence-electron chi connectivity index (χ0n) is 18.0. The van der Waals surface area contributed by atoms with Gasteiger partial charge >= 0.3 is 12.2 Å². The number of nitrogens with one attached hydrogen (secondary N) is 2. The van der Waals surface area contributed by atoms with Crippen molar-refractivity contribution in [2.24, 2.45) is 0 Å². The van der Waals surface area contributed by atoms with Crippen LogP contribution in [0.4, 0.5) is 9.59 Å². The minimum Gasteiger partial charge on any atom is -0.444 e. The number of carbonyl (C=O) groups is 2. The van der Waals surface area contributed by atoms with E-state index in [1.807, 2.05) is 41.5 Å². The van der Waals surface area contributed by atoms with E-state index >= 15 is 0 Å². The predicted octanol–water partition coefficient (Wildman–Crippen LogP) is 3.67. The number of ether oxygens (including phenoxy) is 2. The Balaban J connectivity index is 2.35. The lowest BCUT2D eigenvalue weighted by atomic mass is 10.1. The van der Waals surface area contributed by atoms with Crippen molar-refractivity contribution in [2.75, 3.05) is 26.2 Å². The number of unbranched alkanes of at least 4 members (excludes halogenated alkanes) is 1. The third-order valence-corrected chi connectivity index (χ3v) is 4.05. The Bertz CT molecular complexity index is 463. The molecule has 1 aliphatic heterocycles. The molecule has 0 radical (unpaired) electrons. The summed E-state index contributed by atoms with van der Waals surface area (Å²) in [5.41, 5.74) is -0.984. The molecule has 1 fully saturated rings. The average Bonchev–Trinajstić information content (AvgIpc) is 2.95. The molecule has 2 amide bonds. The topological polar surface area (TPSA) is 79.9 Å². The SMILES string of the molecule is CC(C)(C)OC(=O)NCCCCC(CN1CCCC1)NC(=O)OC(C)(C)C. The van der Waals surface area contributed by atoms with E-state index in [1.54, 1.807) is 0 Å². The van der Waals surface area contributed by atoms with Crippen molar-refractivity contribution in [1.29, 1.82) is 0 Å². The third-order valence-electron chi connectivity index (χ3n) is 4.05. The zero-order valence-corrected chi connectivity index (χ0v) is 18.0. The first-order valence-corrected chi connectivity index (χ1v) is 10.1. The molecule has 1 unspecified atom stereocenters. The van der Waals surface area contributed by atoms with Crippen LogP contribution in [0.1, 0.15) is 73.6 Å². The molecule has 7 heteroatoms. The first-order valence-electron chi connectivity index (χ1n) is 10.1. The van der Waals surface area contributed by atoms with Gasteiger partial charge in [-0.05, 0) is 86.7 Å². The fraction of sp³-hybridized carbons (Fsp3) is 0.900. The first kappa shape index (κ1) is 23.5. The quantitative estimate of drug-likeness (QED) is 0.623. The molecule has 1 atom stereocenters. The summed E-state index contributed by atoms with van der Waals surface area (Å²) in [6.07, 6.45) is 4.29. The lowest BCUT2D eigenvalue weighted by Crippen LogP contribution is -2.45. The van der Waals surface area contributed by atoms with Gasteiger partial charge in [-0.1, -0.05) is 0 Å². The van der Waals surface area contributed by atoms with E-state index in [0.29, 0.717) is 6.54 Å². The fourth-order valence-electron chi connectivity index (χ4n) is 2.98. The van der Waals surface area contributed by atoms with E-state index in [0.717, 1.165) is 38.9 Å². The Morgan fingerprint density at radius 2 is 1.48 bits per heavy atom. The average molecular weight is 386 g/mol. The molecule has 0 spiro atoms. The highest BCUT2D eigenvalue weighted by Crippen LogP contribution is 2.12. The molecule has 2 N–H and O–H groups in total. The van der Waals surface area contributed by atoms with Crippen LogP contribution in [-0.4, -0.2) is 60.5 Å². The molecule has 0 aromatic rings. The summed E-state index contributed by atoms with van der Waals surface area (Å²) >= 11 is 0. The Labute approximate surface area is 164 Å². The van der Waals surface area contributed by atoms with Crippen LogP contribution in [0.15, 0.2) is 0 Å². The van der Waals surface area contributed by atoms with Crippen molar-refractivity contribution in [1.82, 2.24) is 15.5 Å². The Kier molecular flexibility index (Phi) is 9.36. The summed E-state index contributed by atoms with van der Waals surface area (Å²) in [4.78, 5) is 26.2. The molecule has 0 aliphatic carbocycles. The summed E-state index contributed by atoms with van der Waals surface area (Å²) in [6, 6.07) is 0.0551. The monoisotopic (exact) mass is 385 g/mol. The van der Waals surface area contributed by atoms with Gasteiger partial charge in [0.1, 0.15) is 11.2 Å². The highest BCUT2D eigenvalue weighted by Gasteiger charge is 2.22. The van der Waals surface area contributed by atoms with Crippen LogP contribution in [-0.2, 0) is 9.47 Å². The predicted molar refractivity (Wildman–Crippen MR) is 107 cm³/mol. The number of amides is 2. The summed E-state index contributed by atoms with van der Waals surface area (Å²) in [5, 5.41) is 5.79. The minimum atomic E-state index is -0.500. The van der Waals surface area contributed by atoms with Crippen molar-refractivity contribution < 1.29 is 19.1 Å². The maximum absolute atomic E-state index is 12.1. The molecule has 0 saturated carbocycles. The molecule has 0 aromatic carbocycles. The molecule has 0 bridgehead atoms. The second kappa shape index (κ2) is 10.7. The molecule has 1 aliphatic rings. The van der Waals surface area contributed by atoms with Crippen molar-refractivity contribution in [3.8, 4) is 0 Å². The van der Waals surface area contributed by atoms with E-state index in [2.05, 4.69) is 15.5 Å². The van der Waals surface area contributed by atoms with Crippen LogP contribution in [0, 0.1) is 0 Å². The summed E-state index contributed by atoms with van der Waals surface area (Å²) in [7, 11) is 0. The van der Waals surface area contributed by atoms with Crippen LogP contribution in [0.5, 0.6) is 0 Å². The molecular formula is C20H39N3O4. The van der Waals surface area contributed by atoms with Crippen molar-refractivity contribution in [3.63, 3.8) is 0 Å². The van der Waals surface area contributed by atoms with Crippen LogP contribution in [0.2, 0.25) is 0 Å². The highest BCUT2D eigenvalue weighted by atomic mass is 16.6. The van der Waals surface area contributed by atoms with Gasteiger partial charge in [0.15, 0.2) is 0 Å². The maximum atomic E-state index is 12.1. The van der Waals surface area contributed by atoms with E-state index in [1.165, 1.54) is 12.8 Å². The van der Waals surface area contributed by atoms with Crippen LogP contribution < -0.4 is 10.6 Å². The zero-order chi connectivity index (χ0) is 20.5. The van der Waals surface area contributed by atoms with E-state index in [4.69, 9.17) is 9.47 Å². The largest absolute Gasteiger partial charge is 0.444 e. The Morgan fingerprint density at radius 3 is 2.04 bits per heavy atom. The summed E-state index contributed by atoms with van der Waals surface area (Å²) in [6.45, 7) is 14.7. The molecule has 1 heterocycles. The summed E-state index contributed by atoms with van der Waals surface area (Å²) < 4.78 is 10.6. The number of likely N-dealkylation sites (tertiary alicyclic amines) is 1. The van der Waals surface area contributed by atoms with Gasteiger partial charge in [-0.25, -0.2) is 9.59 Å². The van der Waals surface area contributed by atoms with Crippen molar-refractivity contribution in [2.45, 2.75) is 90.9 Å². The molecule has 1 saturated heterocycles. The molecular weight excluding hydrogens is 346 g/mol. The number of hydrogen-bond acceptors (Lipinski definition) is 5. The normalized spacial score (nSPS) is 16.7. The van der Waals surface area contributed by atoms with Gasteiger partial charge in [0.2, 0.25) is 0 Å². The van der Waals surface area contributed by atoms with Crippen LogP contribution in [0.25, 0.3) is 0 Å². The van der Waals surface area contributed by atoms with Crippen molar-refractivity contribution in [3.05, 3.63) is 0 Å².